The van der Waals surface area contributed by atoms with Crippen LogP contribution in [0.4, 0.5) is 11.4 Å². The van der Waals surface area contributed by atoms with Crippen LogP contribution in [0.3, 0.4) is 0 Å². The van der Waals surface area contributed by atoms with Gasteiger partial charge in [-0.3, -0.25) is 0 Å². The average molecular weight is 393 g/mol. The van der Waals surface area contributed by atoms with E-state index in [0.29, 0.717) is 0 Å². The Bertz CT molecular complexity index is 993. The van der Waals surface area contributed by atoms with Crippen molar-refractivity contribution in [3.8, 4) is 5.75 Å². The Morgan fingerprint density at radius 2 is 1.39 bits per heavy atom. The number of aromatic nitrogens is 1. The molecule has 0 saturated heterocycles. The predicted octanol–water partition coefficient (Wildman–Crippen LogP) is 7.12. The summed E-state index contributed by atoms with van der Waals surface area (Å²) in [5, 5.41) is 5.84. The first-order valence-electron chi connectivity index (χ1n) is 9.62. The minimum absolute atomic E-state index is 0. The molecule has 0 fully saturated rings. The van der Waals surface area contributed by atoms with Crippen LogP contribution in [0, 0.1) is 0 Å². The van der Waals surface area contributed by atoms with Crippen molar-refractivity contribution < 1.29 is 4.74 Å². The fourth-order valence-corrected chi connectivity index (χ4v) is 3.30. The highest BCUT2D eigenvalue weighted by molar-refractivity contribution is 6.08. The van der Waals surface area contributed by atoms with Crippen LogP contribution < -0.4 is 10.1 Å². The maximum atomic E-state index is 5.82. The SMILES string of the molecule is CCCCCOc1ccc(Nc2c3ccccc3nc3ccccc23)cc1.Cl. The summed E-state index contributed by atoms with van der Waals surface area (Å²) >= 11 is 0. The first-order chi connectivity index (χ1) is 13.3. The Morgan fingerprint density at radius 1 is 0.786 bits per heavy atom. The molecule has 3 nitrogen and oxygen atoms in total. The van der Waals surface area contributed by atoms with Crippen LogP contribution in [-0.2, 0) is 0 Å². The summed E-state index contributed by atoms with van der Waals surface area (Å²) in [5.41, 5.74) is 4.12. The number of benzene rings is 3. The van der Waals surface area contributed by atoms with Crippen molar-refractivity contribution in [3.05, 3.63) is 72.8 Å². The van der Waals surface area contributed by atoms with Crippen LogP contribution in [0.5, 0.6) is 5.75 Å². The molecular formula is C24H25ClN2O. The van der Waals surface area contributed by atoms with Gasteiger partial charge in [-0.2, -0.15) is 0 Å². The number of anilines is 2. The van der Waals surface area contributed by atoms with E-state index in [0.717, 1.165) is 52.0 Å². The zero-order valence-corrected chi connectivity index (χ0v) is 16.8. The second-order valence-corrected chi connectivity index (χ2v) is 6.73. The normalized spacial score (nSPS) is 10.6. The summed E-state index contributed by atoms with van der Waals surface area (Å²) in [4.78, 5) is 4.78. The third kappa shape index (κ3) is 4.37. The standard InChI is InChI=1S/C24H24N2O.ClH/c1-2-3-8-17-27-19-15-13-18(14-16-19)25-24-20-9-4-6-11-22(20)26-23-12-7-5-10-21(23)24;/h4-7,9-16H,2-3,8,17H2,1H3,(H,25,26);1H. The number of unbranched alkanes of at least 4 members (excludes halogenated alkanes) is 2. The molecule has 0 aliphatic carbocycles. The second kappa shape index (κ2) is 9.43. The van der Waals surface area contributed by atoms with Gasteiger partial charge in [0.1, 0.15) is 5.75 Å². The summed E-state index contributed by atoms with van der Waals surface area (Å²) in [6, 6.07) is 24.7. The topological polar surface area (TPSA) is 34.1 Å². The number of rotatable bonds is 7. The summed E-state index contributed by atoms with van der Waals surface area (Å²) in [7, 11) is 0. The maximum Gasteiger partial charge on any atom is 0.119 e. The predicted molar refractivity (Wildman–Crippen MR) is 121 cm³/mol. The lowest BCUT2D eigenvalue weighted by molar-refractivity contribution is 0.306. The average Bonchev–Trinajstić information content (AvgIpc) is 2.72. The zero-order valence-electron chi connectivity index (χ0n) is 16.0. The molecule has 1 aromatic heterocycles. The molecule has 0 unspecified atom stereocenters. The Morgan fingerprint density at radius 3 is 2.00 bits per heavy atom. The summed E-state index contributed by atoms with van der Waals surface area (Å²) in [6.45, 7) is 2.98. The molecule has 0 bridgehead atoms. The highest BCUT2D eigenvalue weighted by Crippen LogP contribution is 2.33. The minimum atomic E-state index is 0. The molecule has 28 heavy (non-hydrogen) atoms. The van der Waals surface area contributed by atoms with Crippen LogP contribution in [0.25, 0.3) is 21.8 Å². The second-order valence-electron chi connectivity index (χ2n) is 6.73. The Hall–Kier alpha value is -2.78. The van der Waals surface area contributed by atoms with Gasteiger partial charge < -0.3 is 10.1 Å². The Labute approximate surface area is 172 Å². The molecule has 0 spiro atoms. The smallest absolute Gasteiger partial charge is 0.119 e. The van der Waals surface area contributed by atoms with Gasteiger partial charge in [0, 0.05) is 16.5 Å². The quantitative estimate of drug-likeness (QED) is 0.268. The fourth-order valence-electron chi connectivity index (χ4n) is 3.30. The number of ether oxygens (including phenoxy) is 1. The molecule has 1 heterocycles. The molecule has 3 aromatic carbocycles. The van der Waals surface area contributed by atoms with Gasteiger partial charge >= 0.3 is 0 Å². The molecule has 0 aliphatic heterocycles. The minimum Gasteiger partial charge on any atom is -0.494 e. The molecule has 144 valence electrons. The van der Waals surface area contributed by atoms with Gasteiger partial charge in [-0.1, -0.05) is 56.2 Å². The highest BCUT2D eigenvalue weighted by atomic mass is 35.5. The first-order valence-corrected chi connectivity index (χ1v) is 9.62. The van der Waals surface area contributed by atoms with Crippen LogP contribution in [-0.4, -0.2) is 11.6 Å². The van der Waals surface area contributed by atoms with E-state index < -0.39 is 0 Å². The van der Waals surface area contributed by atoms with Crippen LogP contribution in [0.1, 0.15) is 26.2 Å². The lowest BCUT2D eigenvalue weighted by Gasteiger charge is -2.14. The van der Waals surface area contributed by atoms with E-state index in [1.54, 1.807) is 0 Å². The number of hydrogen-bond donors (Lipinski definition) is 1. The molecule has 0 atom stereocenters. The Kier molecular flexibility index (Phi) is 6.72. The van der Waals surface area contributed by atoms with Crippen molar-refractivity contribution in [2.24, 2.45) is 0 Å². The van der Waals surface area contributed by atoms with Gasteiger partial charge in [0.2, 0.25) is 0 Å². The van der Waals surface area contributed by atoms with E-state index in [4.69, 9.17) is 9.72 Å². The van der Waals surface area contributed by atoms with Gasteiger partial charge in [0.15, 0.2) is 0 Å². The summed E-state index contributed by atoms with van der Waals surface area (Å²) < 4.78 is 5.82. The molecule has 0 amide bonds. The highest BCUT2D eigenvalue weighted by Gasteiger charge is 2.09. The fraction of sp³-hybridized carbons (Fsp3) is 0.208. The van der Waals surface area contributed by atoms with E-state index in [9.17, 15) is 0 Å². The number of pyridine rings is 1. The van der Waals surface area contributed by atoms with E-state index in [2.05, 4.69) is 60.8 Å². The number of nitrogens with one attached hydrogen (secondary N) is 1. The third-order valence-electron chi connectivity index (χ3n) is 4.73. The molecule has 0 saturated carbocycles. The van der Waals surface area contributed by atoms with E-state index in [1.807, 2.05) is 24.3 Å². The number of nitrogens with zero attached hydrogens (tertiary/aromatic N) is 1. The van der Waals surface area contributed by atoms with Gasteiger partial charge in [0.25, 0.3) is 0 Å². The largest absolute Gasteiger partial charge is 0.494 e. The van der Waals surface area contributed by atoms with Crippen LogP contribution in [0.2, 0.25) is 0 Å². The van der Waals surface area contributed by atoms with Gasteiger partial charge in [-0.05, 0) is 42.8 Å². The number of para-hydroxylation sites is 2. The van der Waals surface area contributed by atoms with Crippen molar-refractivity contribution in [2.45, 2.75) is 26.2 Å². The zero-order chi connectivity index (χ0) is 18.5. The molecular weight excluding hydrogens is 368 g/mol. The third-order valence-corrected chi connectivity index (χ3v) is 4.73. The number of hydrogen-bond acceptors (Lipinski definition) is 3. The summed E-state index contributed by atoms with van der Waals surface area (Å²) in [6.07, 6.45) is 3.52. The lowest BCUT2D eigenvalue weighted by atomic mass is 10.1. The summed E-state index contributed by atoms with van der Waals surface area (Å²) in [5.74, 6) is 0.918. The molecule has 4 aromatic rings. The van der Waals surface area contributed by atoms with Crippen molar-refractivity contribution >= 4 is 45.6 Å². The van der Waals surface area contributed by atoms with Gasteiger partial charge in [0.05, 0.1) is 23.3 Å². The van der Waals surface area contributed by atoms with Crippen molar-refractivity contribution in [3.63, 3.8) is 0 Å². The van der Waals surface area contributed by atoms with Gasteiger partial charge in [-0.15, -0.1) is 12.4 Å². The molecule has 4 heteroatoms. The Balaban J connectivity index is 0.00000225. The lowest BCUT2D eigenvalue weighted by Crippen LogP contribution is -1.98. The monoisotopic (exact) mass is 392 g/mol. The van der Waals surface area contributed by atoms with Crippen LogP contribution in [0.15, 0.2) is 72.8 Å². The first kappa shape index (κ1) is 20.0. The molecule has 0 aliphatic rings. The van der Waals surface area contributed by atoms with Crippen molar-refractivity contribution in [1.29, 1.82) is 0 Å². The van der Waals surface area contributed by atoms with E-state index in [-0.39, 0.29) is 12.4 Å². The van der Waals surface area contributed by atoms with Crippen molar-refractivity contribution in [1.82, 2.24) is 4.98 Å². The van der Waals surface area contributed by atoms with Gasteiger partial charge in [-0.25, -0.2) is 4.98 Å². The maximum absolute atomic E-state index is 5.82. The molecule has 1 N–H and O–H groups in total. The van der Waals surface area contributed by atoms with E-state index in [1.165, 1.54) is 12.8 Å². The number of halogens is 1. The molecule has 4 rings (SSSR count). The molecule has 0 radical (unpaired) electrons. The number of fused-ring (bicyclic) bond motifs is 2. The van der Waals surface area contributed by atoms with Crippen LogP contribution >= 0.6 is 12.4 Å². The van der Waals surface area contributed by atoms with E-state index >= 15 is 0 Å². The van der Waals surface area contributed by atoms with Crippen molar-refractivity contribution in [2.75, 3.05) is 11.9 Å².